The average Bonchev–Trinajstić information content (AvgIpc) is 2.97. The molecule has 0 aliphatic carbocycles. The van der Waals surface area contributed by atoms with E-state index in [9.17, 15) is 13.2 Å². The number of aromatic nitrogens is 2. The molecule has 8 nitrogen and oxygen atoms in total. The van der Waals surface area contributed by atoms with Crippen LogP contribution in [-0.2, 0) is 27.5 Å². The lowest BCUT2D eigenvalue weighted by Crippen LogP contribution is -2.23. The van der Waals surface area contributed by atoms with Gasteiger partial charge in [-0.15, -0.1) is 5.10 Å². The molecule has 124 valence electrons. The van der Waals surface area contributed by atoms with Crippen LogP contribution in [0, 0.1) is 0 Å². The number of hydrogen-bond acceptors (Lipinski definition) is 7. The zero-order chi connectivity index (χ0) is 16.9. The van der Waals surface area contributed by atoms with E-state index in [1.54, 1.807) is 12.1 Å². The molecule has 0 saturated heterocycles. The fourth-order valence-electron chi connectivity index (χ4n) is 1.96. The van der Waals surface area contributed by atoms with E-state index in [1.165, 1.54) is 0 Å². The third kappa shape index (κ3) is 4.36. The highest BCUT2D eigenvalue weighted by atomic mass is 32.2. The van der Waals surface area contributed by atoms with Crippen LogP contribution in [0.3, 0.4) is 0 Å². The SMILES string of the molecule is CCc1ccccc1NC(=O)CS(=O)(=O)c1nnc(CCN)o1. The van der Waals surface area contributed by atoms with Gasteiger partial charge in [0.2, 0.25) is 21.6 Å². The molecule has 3 N–H and O–H groups in total. The molecular weight excluding hydrogens is 320 g/mol. The number of carbonyl (C=O) groups excluding carboxylic acids is 1. The Morgan fingerprint density at radius 1 is 1.30 bits per heavy atom. The summed E-state index contributed by atoms with van der Waals surface area (Å²) in [6.45, 7) is 2.20. The number of para-hydroxylation sites is 1. The monoisotopic (exact) mass is 338 g/mol. The molecule has 1 aromatic carbocycles. The van der Waals surface area contributed by atoms with Crippen molar-refractivity contribution >= 4 is 21.4 Å². The number of nitrogens with zero attached hydrogens (tertiary/aromatic N) is 2. The van der Waals surface area contributed by atoms with Crippen LogP contribution in [0.4, 0.5) is 5.69 Å². The Morgan fingerprint density at radius 3 is 2.74 bits per heavy atom. The number of hydrogen-bond donors (Lipinski definition) is 2. The van der Waals surface area contributed by atoms with Crippen molar-refractivity contribution in [2.24, 2.45) is 5.73 Å². The molecule has 2 aromatic rings. The molecule has 9 heteroatoms. The molecular formula is C14H18N4O4S. The summed E-state index contributed by atoms with van der Waals surface area (Å²) in [6.07, 6.45) is 0.994. The lowest BCUT2D eigenvalue weighted by molar-refractivity contribution is -0.113. The Morgan fingerprint density at radius 2 is 2.04 bits per heavy atom. The van der Waals surface area contributed by atoms with Crippen LogP contribution in [0.1, 0.15) is 18.4 Å². The number of anilines is 1. The van der Waals surface area contributed by atoms with Crippen LogP contribution >= 0.6 is 0 Å². The molecule has 0 unspecified atom stereocenters. The van der Waals surface area contributed by atoms with Crippen molar-refractivity contribution in [2.75, 3.05) is 17.6 Å². The smallest absolute Gasteiger partial charge is 0.336 e. The number of carbonyl (C=O) groups is 1. The summed E-state index contributed by atoms with van der Waals surface area (Å²) >= 11 is 0. The van der Waals surface area contributed by atoms with Crippen molar-refractivity contribution in [2.45, 2.75) is 25.0 Å². The van der Waals surface area contributed by atoms with E-state index in [1.807, 2.05) is 19.1 Å². The second-order valence-electron chi connectivity index (χ2n) is 4.82. The molecule has 2 rings (SSSR count). The Labute approximate surface area is 134 Å². The lowest BCUT2D eigenvalue weighted by atomic mass is 10.1. The summed E-state index contributed by atoms with van der Waals surface area (Å²) in [5, 5.41) is 9.07. The van der Waals surface area contributed by atoms with Gasteiger partial charge in [0.25, 0.3) is 0 Å². The van der Waals surface area contributed by atoms with Gasteiger partial charge in [-0.1, -0.05) is 30.2 Å². The van der Waals surface area contributed by atoms with E-state index in [2.05, 4.69) is 15.5 Å². The third-order valence-corrected chi connectivity index (χ3v) is 4.41. The Hall–Kier alpha value is -2.26. The molecule has 1 amide bonds. The maximum atomic E-state index is 12.1. The molecule has 0 aliphatic rings. The molecule has 0 bridgehead atoms. The van der Waals surface area contributed by atoms with Crippen molar-refractivity contribution in [1.29, 1.82) is 0 Å². The van der Waals surface area contributed by atoms with Crippen molar-refractivity contribution in [1.82, 2.24) is 10.2 Å². The number of nitrogens with one attached hydrogen (secondary N) is 1. The first kappa shape index (κ1) is 17.1. The Bertz CT molecular complexity index is 786. The zero-order valence-electron chi connectivity index (χ0n) is 12.7. The molecule has 23 heavy (non-hydrogen) atoms. The maximum absolute atomic E-state index is 12.1. The van der Waals surface area contributed by atoms with Crippen LogP contribution in [0.2, 0.25) is 0 Å². The largest absolute Gasteiger partial charge is 0.412 e. The minimum Gasteiger partial charge on any atom is -0.412 e. The van der Waals surface area contributed by atoms with Crippen LogP contribution in [-0.4, -0.2) is 36.8 Å². The highest BCUT2D eigenvalue weighted by Gasteiger charge is 2.26. The fourth-order valence-corrected chi connectivity index (χ4v) is 2.89. The van der Waals surface area contributed by atoms with E-state index in [4.69, 9.17) is 10.2 Å². The van der Waals surface area contributed by atoms with Crippen LogP contribution in [0.15, 0.2) is 33.9 Å². The second-order valence-corrected chi connectivity index (χ2v) is 6.69. The first-order chi connectivity index (χ1) is 11.0. The highest BCUT2D eigenvalue weighted by Crippen LogP contribution is 2.16. The van der Waals surface area contributed by atoms with Gasteiger partial charge in [0.15, 0.2) is 0 Å². The van der Waals surface area contributed by atoms with Crippen molar-refractivity contribution in [3.63, 3.8) is 0 Å². The van der Waals surface area contributed by atoms with Crippen molar-refractivity contribution in [3.05, 3.63) is 35.7 Å². The number of nitrogens with two attached hydrogens (primary N) is 1. The Kier molecular flexibility index (Phi) is 5.45. The molecule has 0 fully saturated rings. The topological polar surface area (TPSA) is 128 Å². The number of sulfone groups is 1. The molecule has 0 atom stereocenters. The maximum Gasteiger partial charge on any atom is 0.336 e. The summed E-state index contributed by atoms with van der Waals surface area (Å²) in [7, 11) is -3.99. The zero-order valence-corrected chi connectivity index (χ0v) is 13.5. The number of benzene rings is 1. The van der Waals surface area contributed by atoms with Gasteiger partial charge >= 0.3 is 5.22 Å². The summed E-state index contributed by atoms with van der Waals surface area (Å²) < 4.78 is 29.2. The molecule has 1 aromatic heterocycles. The fraction of sp³-hybridized carbons (Fsp3) is 0.357. The molecule has 0 saturated carbocycles. The summed E-state index contributed by atoms with van der Waals surface area (Å²) in [5.41, 5.74) is 6.84. The summed E-state index contributed by atoms with van der Waals surface area (Å²) in [5.74, 6) is -1.30. The minimum absolute atomic E-state index is 0.128. The van der Waals surface area contributed by atoms with Gasteiger partial charge < -0.3 is 15.5 Å². The minimum atomic E-state index is -3.99. The van der Waals surface area contributed by atoms with Crippen LogP contribution in [0.25, 0.3) is 0 Å². The van der Waals surface area contributed by atoms with E-state index in [-0.39, 0.29) is 18.9 Å². The van der Waals surface area contributed by atoms with E-state index < -0.39 is 26.7 Å². The van der Waals surface area contributed by atoms with E-state index >= 15 is 0 Å². The third-order valence-electron chi connectivity index (χ3n) is 3.07. The van der Waals surface area contributed by atoms with Crippen LogP contribution < -0.4 is 11.1 Å². The number of rotatable bonds is 7. The highest BCUT2D eigenvalue weighted by molar-refractivity contribution is 7.91. The van der Waals surface area contributed by atoms with Gasteiger partial charge in [-0.3, -0.25) is 4.79 Å². The van der Waals surface area contributed by atoms with Gasteiger partial charge in [0.1, 0.15) is 5.75 Å². The summed E-state index contributed by atoms with van der Waals surface area (Å²) in [6, 6.07) is 7.19. The Balaban J connectivity index is 2.08. The molecule has 0 radical (unpaired) electrons. The second kappa shape index (κ2) is 7.34. The molecule has 0 spiro atoms. The first-order valence-corrected chi connectivity index (χ1v) is 8.74. The van der Waals surface area contributed by atoms with Gasteiger partial charge in [-0.25, -0.2) is 8.42 Å². The van der Waals surface area contributed by atoms with E-state index in [0.717, 1.165) is 12.0 Å². The van der Waals surface area contributed by atoms with Crippen molar-refractivity contribution in [3.8, 4) is 0 Å². The predicted molar refractivity (Wildman–Crippen MR) is 83.6 cm³/mol. The summed E-state index contributed by atoms with van der Waals surface area (Å²) in [4.78, 5) is 12.0. The quantitative estimate of drug-likeness (QED) is 0.754. The average molecular weight is 338 g/mol. The van der Waals surface area contributed by atoms with Crippen LogP contribution in [0.5, 0.6) is 0 Å². The van der Waals surface area contributed by atoms with Gasteiger partial charge in [0.05, 0.1) is 0 Å². The normalized spacial score (nSPS) is 11.4. The standard InChI is InChI=1S/C14H18N4O4S/c1-2-10-5-3-4-6-11(10)16-12(19)9-23(20,21)14-18-17-13(22-14)7-8-15/h3-6H,2,7-9,15H2,1H3,(H,16,19). The van der Waals surface area contributed by atoms with Gasteiger partial charge in [0, 0.05) is 18.7 Å². The number of aryl methyl sites for hydroxylation is 1. The number of amides is 1. The molecule has 1 heterocycles. The van der Waals surface area contributed by atoms with E-state index in [0.29, 0.717) is 5.69 Å². The van der Waals surface area contributed by atoms with Gasteiger partial charge in [-0.05, 0) is 18.1 Å². The lowest BCUT2D eigenvalue weighted by Gasteiger charge is -2.09. The molecule has 0 aliphatic heterocycles. The van der Waals surface area contributed by atoms with Gasteiger partial charge in [-0.2, -0.15) is 0 Å². The van der Waals surface area contributed by atoms with Crippen molar-refractivity contribution < 1.29 is 17.6 Å². The first-order valence-electron chi connectivity index (χ1n) is 7.09. The predicted octanol–water partition coefficient (Wildman–Crippen LogP) is 0.546.